The van der Waals surface area contributed by atoms with Gasteiger partial charge in [-0.1, -0.05) is 12.1 Å². The van der Waals surface area contributed by atoms with Gasteiger partial charge < -0.3 is 9.97 Å². The molecule has 0 spiro atoms. The van der Waals surface area contributed by atoms with Crippen LogP contribution >= 0.6 is 0 Å². The summed E-state index contributed by atoms with van der Waals surface area (Å²) in [7, 11) is 0. The van der Waals surface area contributed by atoms with Gasteiger partial charge in [-0.2, -0.15) is 5.26 Å². The summed E-state index contributed by atoms with van der Waals surface area (Å²) in [6.07, 6.45) is 3.32. The minimum atomic E-state index is -0.489. The van der Waals surface area contributed by atoms with Crippen molar-refractivity contribution in [3.05, 3.63) is 48.3 Å². The molecule has 3 aromatic rings. The summed E-state index contributed by atoms with van der Waals surface area (Å²) in [5.41, 5.74) is 1.78. The number of rotatable bonds is 2. The first-order valence-corrected chi connectivity index (χ1v) is 5.22. The molecule has 82 valence electrons. The Morgan fingerprint density at radius 2 is 2.12 bits per heavy atom. The second-order valence-corrected chi connectivity index (χ2v) is 3.68. The van der Waals surface area contributed by atoms with Crippen LogP contribution in [0, 0.1) is 11.3 Å². The molecular formula is C12H9N5. The predicted molar refractivity (Wildman–Crippen MR) is 62.1 cm³/mol. The Balaban J connectivity index is 2.11. The van der Waals surface area contributed by atoms with Crippen LogP contribution in [0.5, 0.6) is 0 Å². The maximum absolute atomic E-state index is 9.21. The maximum atomic E-state index is 9.21. The molecule has 1 aromatic carbocycles. The third-order valence-electron chi connectivity index (χ3n) is 2.60. The zero-order chi connectivity index (χ0) is 11.7. The van der Waals surface area contributed by atoms with E-state index < -0.39 is 5.92 Å². The van der Waals surface area contributed by atoms with Gasteiger partial charge in [0.2, 0.25) is 0 Å². The third-order valence-corrected chi connectivity index (χ3v) is 2.60. The molecule has 1 unspecified atom stereocenters. The highest BCUT2D eigenvalue weighted by Crippen LogP contribution is 2.21. The summed E-state index contributed by atoms with van der Waals surface area (Å²) in [4.78, 5) is 14.6. The van der Waals surface area contributed by atoms with Crippen molar-refractivity contribution in [2.75, 3.05) is 0 Å². The molecular weight excluding hydrogens is 214 g/mol. The smallest absolute Gasteiger partial charge is 0.161 e. The van der Waals surface area contributed by atoms with Crippen LogP contribution in [0.4, 0.5) is 0 Å². The first-order valence-electron chi connectivity index (χ1n) is 5.22. The summed E-state index contributed by atoms with van der Waals surface area (Å²) in [6, 6.07) is 9.88. The number of aromatic nitrogens is 4. The fourth-order valence-electron chi connectivity index (χ4n) is 1.80. The van der Waals surface area contributed by atoms with E-state index in [1.807, 2.05) is 24.3 Å². The van der Waals surface area contributed by atoms with Gasteiger partial charge in [-0.15, -0.1) is 0 Å². The van der Waals surface area contributed by atoms with Gasteiger partial charge in [0.15, 0.2) is 5.92 Å². The van der Waals surface area contributed by atoms with Crippen molar-refractivity contribution in [2.24, 2.45) is 0 Å². The zero-order valence-corrected chi connectivity index (χ0v) is 8.88. The number of nitrogens with zero attached hydrogens (tertiary/aromatic N) is 3. The van der Waals surface area contributed by atoms with E-state index in [1.54, 1.807) is 12.4 Å². The molecule has 2 aromatic heterocycles. The average molecular weight is 223 g/mol. The molecule has 0 aliphatic carbocycles. The van der Waals surface area contributed by atoms with Crippen molar-refractivity contribution in [3.8, 4) is 6.07 Å². The predicted octanol–water partition coefficient (Wildman–Crippen LogP) is 1.94. The van der Waals surface area contributed by atoms with Gasteiger partial charge in [0.1, 0.15) is 11.6 Å². The number of aromatic amines is 2. The second kappa shape index (κ2) is 3.76. The van der Waals surface area contributed by atoms with Gasteiger partial charge in [-0.3, -0.25) is 0 Å². The molecule has 0 saturated carbocycles. The zero-order valence-electron chi connectivity index (χ0n) is 8.88. The molecule has 0 radical (unpaired) electrons. The number of hydrogen-bond donors (Lipinski definition) is 2. The molecule has 0 amide bonds. The van der Waals surface area contributed by atoms with Gasteiger partial charge in [0.05, 0.1) is 17.1 Å². The van der Waals surface area contributed by atoms with Crippen molar-refractivity contribution in [1.29, 1.82) is 5.26 Å². The van der Waals surface area contributed by atoms with E-state index in [4.69, 9.17) is 0 Å². The fourth-order valence-corrected chi connectivity index (χ4v) is 1.80. The van der Waals surface area contributed by atoms with Crippen LogP contribution in [-0.2, 0) is 0 Å². The van der Waals surface area contributed by atoms with Gasteiger partial charge in [0, 0.05) is 12.4 Å². The lowest BCUT2D eigenvalue weighted by Crippen LogP contribution is -2.02. The molecule has 3 rings (SSSR count). The van der Waals surface area contributed by atoms with Gasteiger partial charge >= 0.3 is 0 Å². The highest BCUT2D eigenvalue weighted by molar-refractivity contribution is 5.75. The van der Waals surface area contributed by atoms with Crippen LogP contribution in [0.25, 0.3) is 11.0 Å². The van der Waals surface area contributed by atoms with Crippen molar-refractivity contribution in [3.63, 3.8) is 0 Å². The number of imidazole rings is 2. The number of para-hydroxylation sites is 2. The molecule has 0 aliphatic rings. The summed E-state index contributed by atoms with van der Waals surface area (Å²) >= 11 is 0. The van der Waals surface area contributed by atoms with Crippen molar-refractivity contribution < 1.29 is 0 Å². The second-order valence-electron chi connectivity index (χ2n) is 3.68. The first kappa shape index (κ1) is 9.60. The Kier molecular flexibility index (Phi) is 2.12. The first-order chi connectivity index (χ1) is 8.38. The molecule has 17 heavy (non-hydrogen) atoms. The Bertz CT molecular complexity index is 641. The summed E-state index contributed by atoms with van der Waals surface area (Å²) in [5, 5.41) is 9.21. The number of fused-ring (bicyclic) bond motifs is 1. The van der Waals surface area contributed by atoms with Crippen LogP contribution in [0.2, 0.25) is 0 Å². The summed E-state index contributed by atoms with van der Waals surface area (Å²) < 4.78 is 0. The van der Waals surface area contributed by atoms with E-state index in [1.165, 1.54) is 0 Å². The molecule has 5 heteroatoms. The highest BCUT2D eigenvalue weighted by Gasteiger charge is 2.19. The van der Waals surface area contributed by atoms with E-state index in [0.29, 0.717) is 11.6 Å². The normalized spacial score (nSPS) is 12.4. The van der Waals surface area contributed by atoms with E-state index in [0.717, 1.165) is 11.0 Å². The van der Waals surface area contributed by atoms with Gasteiger partial charge in [0.25, 0.3) is 0 Å². The standard InChI is InChI=1S/C12H9N5/c13-7-8(11-14-5-6-15-11)12-16-9-3-1-2-4-10(9)17-12/h1-6,8H,(H,14,15)(H,16,17). The molecule has 0 aliphatic heterocycles. The molecule has 2 N–H and O–H groups in total. The Hall–Kier alpha value is -2.61. The lowest BCUT2D eigenvalue weighted by Gasteiger charge is -2.00. The van der Waals surface area contributed by atoms with Crippen molar-refractivity contribution >= 4 is 11.0 Å². The lowest BCUT2D eigenvalue weighted by molar-refractivity contribution is 0.864. The molecule has 5 nitrogen and oxygen atoms in total. The van der Waals surface area contributed by atoms with Crippen molar-refractivity contribution in [1.82, 2.24) is 19.9 Å². The Morgan fingerprint density at radius 3 is 2.82 bits per heavy atom. The van der Waals surface area contributed by atoms with Crippen LogP contribution in [-0.4, -0.2) is 19.9 Å². The monoisotopic (exact) mass is 223 g/mol. The number of H-pyrrole nitrogens is 2. The SMILES string of the molecule is N#CC(c1ncc[nH]1)c1nc2ccccc2[nH]1. The number of benzene rings is 1. The van der Waals surface area contributed by atoms with E-state index in [-0.39, 0.29) is 0 Å². The number of nitriles is 1. The average Bonchev–Trinajstić information content (AvgIpc) is 2.98. The van der Waals surface area contributed by atoms with Crippen LogP contribution in [0.15, 0.2) is 36.7 Å². The van der Waals surface area contributed by atoms with E-state index in [9.17, 15) is 5.26 Å². The minimum Gasteiger partial charge on any atom is -0.347 e. The topological polar surface area (TPSA) is 81.2 Å². The van der Waals surface area contributed by atoms with Crippen LogP contribution < -0.4 is 0 Å². The third kappa shape index (κ3) is 1.56. The summed E-state index contributed by atoms with van der Waals surface area (Å²) in [6.45, 7) is 0. The van der Waals surface area contributed by atoms with E-state index >= 15 is 0 Å². The molecule has 2 heterocycles. The minimum absolute atomic E-state index is 0.489. The van der Waals surface area contributed by atoms with Crippen molar-refractivity contribution in [2.45, 2.75) is 5.92 Å². The van der Waals surface area contributed by atoms with Gasteiger partial charge in [-0.25, -0.2) is 9.97 Å². The molecule has 0 bridgehead atoms. The number of hydrogen-bond acceptors (Lipinski definition) is 3. The van der Waals surface area contributed by atoms with Gasteiger partial charge in [-0.05, 0) is 12.1 Å². The fraction of sp³-hybridized carbons (Fsp3) is 0.0833. The lowest BCUT2D eigenvalue weighted by atomic mass is 10.1. The molecule has 0 saturated heterocycles. The summed E-state index contributed by atoms with van der Waals surface area (Å²) in [5.74, 6) is 0.729. The van der Waals surface area contributed by atoms with Crippen LogP contribution in [0.1, 0.15) is 17.6 Å². The van der Waals surface area contributed by atoms with Crippen LogP contribution in [0.3, 0.4) is 0 Å². The van der Waals surface area contributed by atoms with E-state index in [2.05, 4.69) is 26.0 Å². The largest absolute Gasteiger partial charge is 0.347 e. The Morgan fingerprint density at radius 1 is 1.24 bits per heavy atom. The highest BCUT2D eigenvalue weighted by atomic mass is 15.0. The maximum Gasteiger partial charge on any atom is 0.161 e. The molecule has 0 fully saturated rings. The number of nitrogens with one attached hydrogen (secondary N) is 2. The Labute approximate surface area is 97.2 Å². The quantitative estimate of drug-likeness (QED) is 0.696. The molecule has 1 atom stereocenters.